The highest BCUT2D eigenvalue weighted by Gasteiger charge is 2.61. The fourth-order valence-corrected chi connectivity index (χ4v) is 5.80. The zero-order valence-electron chi connectivity index (χ0n) is 14.1. The van der Waals surface area contributed by atoms with Crippen LogP contribution in [0.15, 0.2) is 23.8 Å². The maximum Gasteiger partial charge on any atom is 0.159 e. The Labute approximate surface area is 133 Å². The maximum absolute atomic E-state index is 12.9. The summed E-state index contributed by atoms with van der Waals surface area (Å²) in [7, 11) is 0. The van der Waals surface area contributed by atoms with E-state index in [1.54, 1.807) is 0 Å². The summed E-state index contributed by atoms with van der Waals surface area (Å²) in [6.45, 7) is 13.1. The molecule has 0 aromatic heterocycles. The average Bonchev–Trinajstić information content (AvgIpc) is 2.40. The number of allylic oxidation sites excluding steroid dienone is 3. The normalized spacial score (nSPS) is 44.1. The van der Waals surface area contributed by atoms with Crippen molar-refractivity contribution in [1.29, 1.82) is 0 Å². The van der Waals surface area contributed by atoms with Crippen molar-refractivity contribution in [3.8, 4) is 0 Å². The minimum absolute atomic E-state index is 0.0382. The van der Waals surface area contributed by atoms with E-state index >= 15 is 0 Å². The van der Waals surface area contributed by atoms with Crippen LogP contribution in [0.3, 0.4) is 0 Å². The van der Waals surface area contributed by atoms with Gasteiger partial charge in [-0.15, -0.1) is 0 Å². The Morgan fingerprint density at radius 2 is 1.59 bits per heavy atom. The van der Waals surface area contributed by atoms with Gasteiger partial charge in [-0.2, -0.15) is 0 Å². The monoisotopic (exact) mass is 298 g/mol. The van der Waals surface area contributed by atoms with Gasteiger partial charge in [0.1, 0.15) is 5.78 Å². The minimum Gasteiger partial charge on any atom is -0.299 e. The van der Waals surface area contributed by atoms with Gasteiger partial charge in [0.25, 0.3) is 0 Å². The fourth-order valence-electron chi connectivity index (χ4n) is 5.80. The van der Waals surface area contributed by atoms with E-state index < -0.39 is 0 Å². The van der Waals surface area contributed by atoms with Gasteiger partial charge >= 0.3 is 0 Å². The van der Waals surface area contributed by atoms with Crippen molar-refractivity contribution in [2.45, 2.75) is 47.0 Å². The molecule has 0 N–H and O–H groups in total. The molecule has 4 bridgehead atoms. The van der Waals surface area contributed by atoms with Crippen molar-refractivity contribution < 1.29 is 9.59 Å². The van der Waals surface area contributed by atoms with Gasteiger partial charge < -0.3 is 0 Å². The lowest BCUT2D eigenvalue weighted by atomic mass is 9.43. The molecule has 4 saturated carbocycles. The van der Waals surface area contributed by atoms with Crippen LogP contribution < -0.4 is 0 Å². The molecule has 118 valence electrons. The van der Waals surface area contributed by atoms with Gasteiger partial charge in [-0.3, -0.25) is 9.59 Å². The van der Waals surface area contributed by atoms with E-state index in [9.17, 15) is 9.59 Å². The number of ketones is 2. The largest absolute Gasteiger partial charge is 0.299 e. The molecule has 2 heteroatoms. The first kappa shape index (κ1) is 14.4. The molecule has 0 saturated heterocycles. The van der Waals surface area contributed by atoms with Gasteiger partial charge in [-0.25, -0.2) is 0 Å². The molecule has 22 heavy (non-hydrogen) atoms. The van der Waals surface area contributed by atoms with Crippen LogP contribution in [-0.2, 0) is 9.59 Å². The van der Waals surface area contributed by atoms with Crippen LogP contribution in [-0.4, -0.2) is 11.6 Å². The number of Topliss-reactive ketones (excluding diaryl/α,β-unsaturated/α-hetero) is 1. The third kappa shape index (κ3) is 1.51. The lowest BCUT2D eigenvalue weighted by Crippen LogP contribution is -2.58. The Morgan fingerprint density at radius 3 is 2.09 bits per heavy atom. The van der Waals surface area contributed by atoms with Gasteiger partial charge in [-0.05, 0) is 48.0 Å². The summed E-state index contributed by atoms with van der Waals surface area (Å²) in [6.07, 6.45) is 4.59. The molecule has 5 unspecified atom stereocenters. The van der Waals surface area contributed by atoms with E-state index in [2.05, 4.69) is 34.3 Å². The van der Waals surface area contributed by atoms with Gasteiger partial charge in [0.15, 0.2) is 5.78 Å². The summed E-state index contributed by atoms with van der Waals surface area (Å²) in [5.74, 6) is 2.01. The highest BCUT2D eigenvalue weighted by atomic mass is 16.1. The first-order valence-electron chi connectivity index (χ1n) is 8.62. The lowest BCUT2D eigenvalue weighted by Gasteiger charge is -2.60. The van der Waals surface area contributed by atoms with Crippen molar-refractivity contribution in [3.05, 3.63) is 23.8 Å². The molecule has 0 aromatic carbocycles. The van der Waals surface area contributed by atoms with Crippen LogP contribution in [0.1, 0.15) is 47.0 Å². The maximum atomic E-state index is 12.9. The topological polar surface area (TPSA) is 34.1 Å². The summed E-state index contributed by atoms with van der Waals surface area (Å²) in [4.78, 5) is 25.1. The number of carbonyl (C=O) groups excluding carboxylic acids is 2. The van der Waals surface area contributed by atoms with E-state index in [1.807, 2.05) is 6.08 Å². The van der Waals surface area contributed by atoms with Crippen LogP contribution >= 0.6 is 0 Å². The van der Waals surface area contributed by atoms with Crippen LogP contribution in [0.4, 0.5) is 0 Å². The second-order valence-corrected chi connectivity index (χ2v) is 9.18. The summed E-state index contributed by atoms with van der Waals surface area (Å²) in [5.41, 5.74) is 2.53. The first-order chi connectivity index (χ1) is 10.2. The number of carbonyl (C=O) groups is 2. The van der Waals surface area contributed by atoms with Gasteiger partial charge in [0.2, 0.25) is 0 Å². The number of fused-ring (bicyclic) bond motifs is 3. The molecule has 6 aliphatic carbocycles. The Kier molecular flexibility index (Phi) is 2.63. The third-order valence-corrected chi connectivity index (χ3v) is 7.68. The first-order valence-corrected chi connectivity index (χ1v) is 8.62. The zero-order valence-corrected chi connectivity index (χ0v) is 14.1. The summed E-state index contributed by atoms with van der Waals surface area (Å²) in [6, 6.07) is 0. The second-order valence-electron chi connectivity index (χ2n) is 9.18. The molecule has 0 aromatic rings. The molecular formula is C20H26O2. The van der Waals surface area contributed by atoms with Crippen molar-refractivity contribution >= 4 is 11.6 Å². The second kappa shape index (κ2) is 4.01. The smallest absolute Gasteiger partial charge is 0.159 e. The number of hydrogen-bond acceptors (Lipinski definition) is 2. The summed E-state index contributed by atoms with van der Waals surface area (Å²) in [5, 5.41) is 0. The van der Waals surface area contributed by atoms with Crippen LogP contribution in [0.5, 0.6) is 0 Å². The predicted octanol–water partition coefficient (Wildman–Crippen LogP) is 3.97. The summed E-state index contributed by atoms with van der Waals surface area (Å²) >= 11 is 0. The van der Waals surface area contributed by atoms with E-state index in [0.29, 0.717) is 17.6 Å². The Bertz CT molecular complexity index is 610. The number of hydrogen-bond donors (Lipinski definition) is 0. The van der Waals surface area contributed by atoms with Crippen LogP contribution in [0.25, 0.3) is 0 Å². The van der Waals surface area contributed by atoms with E-state index in [4.69, 9.17) is 0 Å². The van der Waals surface area contributed by atoms with E-state index in [0.717, 1.165) is 24.8 Å². The molecule has 5 atom stereocenters. The highest BCUT2D eigenvalue weighted by Crippen LogP contribution is 2.63. The molecule has 0 heterocycles. The van der Waals surface area contributed by atoms with Crippen molar-refractivity contribution in [2.24, 2.45) is 40.4 Å². The van der Waals surface area contributed by atoms with Crippen LogP contribution in [0, 0.1) is 40.4 Å². The summed E-state index contributed by atoms with van der Waals surface area (Å²) < 4.78 is 0. The van der Waals surface area contributed by atoms with Gasteiger partial charge in [0, 0.05) is 17.8 Å². The van der Waals surface area contributed by atoms with Gasteiger partial charge in [0.05, 0.1) is 0 Å². The standard InChI is InChI=1S/C20H26O2/c1-10-12(18(22)16-8-13(10)19(16,2)3)6-11-7-17(21)15-9-14(11)20(15,4)5/h7,12-16H,1,6,8-9H2,2-5H3. The van der Waals surface area contributed by atoms with Crippen LogP contribution in [0.2, 0.25) is 0 Å². The molecule has 6 aliphatic rings. The third-order valence-electron chi connectivity index (χ3n) is 7.68. The molecule has 0 radical (unpaired) electrons. The van der Waals surface area contributed by atoms with E-state index in [-0.39, 0.29) is 34.4 Å². The van der Waals surface area contributed by atoms with Crippen molar-refractivity contribution in [2.75, 3.05) is 0 Å². The number of rotatable bonds is 2. The minimum atomic E-state index is -0.0382. The Hall–Kier alpha value is -1.18. The lowest BCUT2D eigenvalue weighted by molar-refractivity contribution is -0.148. The highest BCUT2D eigenvalue weighted by molar-refractivity contribution is 5.96. The van der Waals surface area contributed by atoms with E-state index in [1.165, 1.54) is 5.57 Å². The fraction of sp³-hybridized carbons (Fsp3) is 0.700. The zero-order chi connectivity index (χ0) is 16.0. The van der Waals surface area contributed by atoms with Crippen molar-refractivity contribution in [1.82, 2.24) is 0 Å². The predicted molar refractivity (Wildman–Crippen MR) is 86.1 cm³/mol. The molecule has 2 nitrogen and oxygen atoms in total. The molecule has 0 aliphatic heterocycles. The SMILES string of the molecule is C=C1C(CC2=CC(=O)C3CC2C3(C)C)C(=O)C2CC1C2(C)C. The van der Waals surface area contributed by atoms with Gasteiger partial charge in [-0.1, -0.05) is 45.4 Å². The molecule has 4 fully saturated rings. The van der Waals surface area contributed by atoms with Crippen molar-refractivity contribution in [3.63, 3.8) is 0 Å². The average molecular weight is 298 g/mol. The molecule has 0 amide bonds. The molecule has 6 rings (SSSR count). The Balaban J connectivity index is 1.59. The molecule has 0 spiro atoms. The Morgan fingerprint density at radius 1 is 1.00 bits per heavy atom. The molecular weight excluding hydrogens is 272 g/mol. The quantitative estimate of drug-likeness (QED) is 0.723.